The van der Waals surface area contributed by atoms with Crippen molar-refractivity contribution >= 4 is 39.3 Å². The number of furan rings is 1. The van der Waals surface area contributed by atoms with Gasteiger partial charge in [0.05, 0.1) is 6.20 Å². The lowest BCUT2D eigenvalue weighted by atomic mass is 10.3. The zero-order valence-corrected chi connectivity index (χ0v) is 13.8. The normalized spacial score (nSPS) is 10.3. The highest BCUT2D eigenvalue weighted by molar-refractivity contribution is 9.10. The fourth-order valence-corrected chi connectivity index (χ4v) is 1.94. The van der Waals surface area contributed by atoms with Crippen molar-refractivity contribution in [2.24, 2.45) is 0 Å². The maximum Gasteiger partial charge on any atom is 0.291 e. The van der Waals surface area contributed by atoms with E-state index in [-0.39, 0.29) is 11.7 Å². The number of carbonyl (C=O) groups is 1. The molecule has 0 fully saturated rings. The average Bonchev–Trinajstić information content (AvgIpc) is 2.85. The minimum Gasteiger partial charge on any atom is -0.444 e. The molecule has 0 aliphatic carbocycles. The van der Waals surface area contributed by atoms with E-state index in [4.69, 9.17) is 4.42 Å². The van der Waals surface area contributed by atoms with Crippen molar-refractivity contribution in [3.63, 3.8) is 0 Å². The lowest BCUT2D eigenvalue weighted by Gasteiger charge is -2.19. The molecule has 1 amide bonds. The second-order valence-corrected chi connectivity index (χ2v) is 5.54. The number of hydrogen-bond acceptors (Lipinski definition) is 6. The summed E-state index contributed by atoms with van der Waals surface area (Å²) in [5.41, 5.74) is 0.517. The minimum absolute atomic E-state index is 0.211. The van der Waals surface area contributed by atoms with Gasteiger partial charge in [0.15, 0.2) is 16.2 Å². The van der Waals surface area contributed by atoms with Crippen LogP contribution in [0, 0.1) is 0 Å². The molecule has 1 N–H and O–H groups in total. The molecule has 0 unspecified atom stereocenters. The van der Waals surface area contributed by atoms with Crippen molar-refractivity contribution < 1.29 is 9.21 Å². The summed E-state index contributed by atoms with van der Waals surface area (Å²) in [5.74, 6) is 1.04. The van der Waals surface area contributed by atoms with Crippen LogP contribution in [0.2, 0.25) is 0 Å². The van der Waals surface area contributed by atoms with Crippen LogP contribution in [0.3, 0.4) is 0 Å². The Morgan fingerprint density at radius 3 is 2.48 bits per heavy atom. The van der Waals surface area contributed by atoms with Gasteiger partial charge in [-0.15, -0.1) is 0 Å². The van der Waals surface area contributed by atoms with Gasteiger partial charge in [-0.05, 0) is 28.1 Å². The summed E-state index contributed by atoms with van der Waals surface area (Å²) in [7, 11) is 7.41. The van der Waals surface area contributed by atoms with Crippen molar-refractivity contribution in [1.29, 1.82) is 0 Å². The highest BCUT2D eigenvalue weighted by Gasteiger charge is 2.16. The first-order chi connectivity index (χ1) is 9.88. The molecule has 0 spiro atoms. The summed E-state index contributed by atoms with van der Waals surface area (Å²) in [6.07, 6.45) is 1.58. The first kappa shape index (κ1) is 15.3. The van der Waals surface area contributed by atoms with Gasteiger partial charge in [-0.25, -0.2) is 4.98 Å². The summed E-state index contributed by atoms with van der Waals surface area (Å²) in [6, 6.07) is 3.25. The van der Waals surface area contributed by atoms with E-state index >= 15 is 0 Å². The molecule has 0 aliphatic heterocycles. The van der Waals surface area contributed by atoms with Crippen molar-refractivity contribution in [2.45, 2.75) is 0 Å². The quantitative estimate of drug-likeness (QED) is 0.908. The van der Waals surface area contributed by atoms with Crippen LogP contribution in [-0.4, -0.2) is 44.1 Å². The molecule has 0 aromatic carbocycles. The molecule has 0 radical (unpaired) electrons. The third-order valence-electron chi connectivity index (χ3n) is 2.62. The molecule has 0 saturated heterocycles. The number of halogens is 1. The fraction of sp³-hybridized carbons (Fsp3) is 0.308. The maximum atomic E-state index is 12.1. The van der Waals surface area contributed by atoms with Gasteiger partial charge in [-0.2, -0.15) is 4.98 Å². The number of rotatable bonds is 4. The summed E-state index contributed by atoms with van der Waals surface area (Å²) < 4.78 is 5.72. The van der Waals surface area contributed by atoms with Crippen molar-refractivity contribution in [1.82, 2.24) is 9.97 Å². The highest BCUT2D eigenvalue weighted by atomic mass is 79.9. The number of aromatic nitrogens is 2. The van der Waals surface area contributed by atoms with E-state index in [1.165, 1.54) is 0 Å². The van der Waals surface area contributed by atoms with E-state index in [1.54, 1.807) is 23.2 Å². The van der Waals surface area contributed by atoms with Gasteiger partial charge in [-0.3, -0.25) is 4.79 Å². The topological polar surface area (TPSA) is 74.5 Å². The predicted octanol–water partition coefficient (Wildman–Crippen LogP) is 2.22. The van der Waals surface area contributed by atoms with E-state index in [0.29, 0.717) is 22.1 Å². The molecule has 112 valence electrons. The third-order valence-corrected chi connectivity index (χ3v) is 3.05. The molecule has 0 bridgehead atoms. The van der Waals surface area contributed by atoms with Gasteiger partial charge in [0.2, 0.25) is 5.95 Å². The van der Waals surface area contributed by atoms with Gasteiger partial charge in [0.25, 0.3) is 5.91 Å². The SMILES string of the molecule is CN(C)c1ncc(NC(=O)c2ccc(Br)o2)c(N(C)C)n1. The Kier molecular flexibility index (Phi) is 4.46. The maximum absolute atomic E-state index is 12.1. The summed E-state index contributed by atoms with van der Waals surface area (Å²) >= 11 is 3.16. The first-order valence-corrected chi connectivity index (χ1v) is 6.96. The molecule has 2 aromatic heterocycles. The monoisotopic (exact) mass is 353 g/mol. The molecule has 7 nitrogen and oxygen atoms in total. The van der Waals surface area contributed by atoms with Crippen molar-refractivity contribution in [3.8, 4) is 0 Å². The Morgan fingerprint density at radius 1 is 1.24 bits per heavy atom. The highest BCUT2D eigenvalue weighted by Crippen LogP contribution is 2.24. The van der Waals surface area contributed by atoms with Gasteiger partial charge >= 0.3 is 0 Å². The number of anilines is 3. The van der Waals surface area contributed by atoms with Gasteiger partial charge in [0, 0.05) is 28.2 Å². The molecule has 0 saturated carbocycles. The Balaban J connectivity index is 2.29. The van der Waals surface area contributed by atoms with E-state index in [0.717, 1.165) is 0 Å². The van der Waals surface area contributed by atoms with Crippen LogP contribution >= 0.6 is 15.9 Å². The van der Waals surface area contributed by atoms with Crippen LogP contribution in [-0.2, 0) is 0 Å². The molecule has 2 rings (SSSR count). The summed E-state index contributed by atoms with van der Waals surface area (Å²) in [6.45, 7) is 0. The van der Waals surface area contributed by atoms with Crippen LogP contribution in [0.15, 0.2) is 27.4 Å². The molecule has 2 aromatic rings. The van der Waals surface area contributed by atoms with Crippen LogP contribution < -0.4 is 15.1 Å². The first-order valence-electron chi connectivity index (χ1n) is 6.17. The predicted molar refractivity (Wildman–Crippen MR) is 85.0 cm³/mol. The average molecular weight is 354 g/mol. The van der Waals surface area contributed by atoms with E-state index in [1.807, 2.05) is 33.1 Å². The van der Waals surface area contributed by atoms with E-state index in [2.05, 4.69) is 31.2 Å². The standard InChI is InChI=1S/C13H16BrN5O2/c1-18(2)11-8(7-15-13(17-11)19(3)4)16-12(20)9-5-6-10(14)21-9/h5-7H,1-4H3,(H,16,20). The summed E-state index contributed by atoms with van der Waals surface area (Å²) in [4.78, 5) is 24.3. The Bertz CT molecular complexity index is 654. The van der Waals surface area contributed by atoms with Crippen molar-refractivity contribution in [3.05, 3.63) is 28.8 Å². The van der Waals surface area contributed by atoms with Gasteiger partial charge in [0.1, 0.15) is 5.69 Å². The van der Waals surface area contributed by atoms with Gasteiger partial charge in [-0.1, -0.05) is 0 Å². The Hall–Kier alpha value is -2.09. The fourth-order valence-electron chi connectivity index (χ4n) is 1.63. The second-order valence-electron chi connectivity index (χ2n) is 4.75. The molecule has 8 heteroatoms. The Labute approximate surface area is 131 Å². The Morgan fingerprint density at radius 2 is 1.95 bits per heavy atom. The lowest BCUT2D eigenvalue weighted by molar-refractivity contribution is 0.0995. The molecule has 0 atom stereocenters. The summed E-state index contributed by atoms with van der Waals surface area (Å²) in [5, 5.41) is 2.75. The molecule has 21 heavy (non-hydrogen) atoms. The largest absolute Gasteiger partial charge is 0.444 e. The van der Waals surface area contributed by atoms with Crippen LogP contribution in [0.25, 0.3) is 0 Å². The van der Waals surface area contributed by atoms with E-state index < -0.39 is 0 Å². The van der Waals surface area contributed by atoms with Crippen LogP contribution in [0.1, 0.15) is 10.6 Å². The number of amides is 1. The van der Waals surface area contributed by atoms with Crippen LogP contribution in [0.5, 0.6) is 0 Å². The molecular weight excluding hydrogens is 338 g/mol. The zero-order chi connectivity index (χ0) is 15.6. The minimum atomic E-state index is -0.356. The van der Waals surface area contributed by atoms with Gasteiger partial charge < -0.3 is 19.5 Å². The molecule has 0 aliphatic rings. The smallest absolute Gasteiger partial charge is 0.291 e. The zero-order valence-electron chi connectivity index (χ0n) is 12.2. The lowest BCUT2D eigenvalue weighted by Crippen LogP contribution is -2.20. The number of nitrogens with one attached hydrogen (secondary N) is 1. The number of nitrogens with zero attached hydrogens (tertiary/aromatic N) is 4. The number of hydrogen-bond donors (Lipinski definition) is 1. The molecule has 2 heterocycles. The second kappa shape index (κ2) is 6.13. The number of carbonyl (C=O) groups excluding carboxylic acids is 1. The van der Waals surface area contributed by atoms with Crippen molar-refractivity contribution in [2.75, 3.05) is 43.3 Å². The third kappa shape index (κ3) is 3.52. The molecular formula is C13H16BrN5O2. The van der Waals surface area contributed by atoms with E-state index in [9.17, 15) is 4.79 Å². The van der Waals surface area contributed by atoms with Crippen LogP contribution in [0.4, 0.5) is 17.5 Å².